The number of carbonyl (C=O) groups is 10. The topological polar surface area (TPSA) is 267 Å². The van der Waals surface area contributed by atoms with Gasteiger partial charge in [0.25, 0.3) is 5.91 Å². The average molecular weight is 1380 g/mol. The summed E-state index contributed by atoms with van der Waals surface area (Å²) in [7, 11) is 9.96. The third-order valence-corrected chi connectivity index (χ3v) is 19.8. The Labute approximate surface area is 575 Å². The van der Waals surface area contributed by atoms with Crippen molar-refractivity contribution >= 4 is 58.7 Å². The van der Waals surface area contributed by atoms with E-state index in [4.69, 9.17) is 0 Å². The molecule has 0 aromatic carbocycles. The van der Waals surface area contributed by atoms with Crippen LogP contribution < -0.4 is 5.32 Å². The minimum Gasteiger partial charge on any atom is -0.390 e. The van der Waals surface area contributed by atoms with E-state index in [-0.39, 0.29) is 100 Å². The zero-order valence-corrected chi connectivity index (χ0v) is 62.7. The van der Waals surface area contributed by atoms with Crippen molar-refractivity contribution in [2.24, 2.45) is 59.2 Å². The molecule has 1 aromatic rings. The highest BCUT2D eigenvalue weighted by atomic mass is 19.4. The number of nitrogens with one attached hydrogen (secondary N) is 1. The number of likely N-dealkylation sites (N-methyl/N-ethyl adjacent to an activating group) is 7. The van der Waals surface area contributed by atoms with Crippen LogP contribution in [-0.4, -0.2) is 235 Å². The SMILES string of the molecule is CC[C@H]1CC(=O)[C@@H]([C@H](O)[C@H](C)CCN2CCn3cc(C(F)(F)F)nc3C2)N(C)C(=O)[C@@H](C(C)C)N(C)C(=O)[C@@H](CC(C)C)N(C)C(=O)[C@@H](CC(C)C)N(C)[N+](=O)[C@H](C)NC(=O)[C@@H](C)CC(=O)C(CC(C)C)N(C)C(=O)[C@@H](C(C)C)CC(=O)[C@H](CC(C)C)N(C)C(=O)[C@@H](C)N(C)C1=O. The number of aliphatic hydroxyl groups is 1. The first-order valence-electron chi connectivity index (χ1n) is 34.9. The zero-order chi connectivity index (χ0) is 74.5. The highest BCUT2D eigenvalue weighted by Gasteiger charge is 2.47. The van der Waals surface area contributed by atoms with Crippen molar-refractivity contribution in [1.29, 1.82) is 0 Å². The summed E-state index contributed by atoms with van der Waals surface area (Å²) in [4.78, 5) is 177. The maximum absolute atomic E-state index is 15.5. The third-order valence-electron chi connectivity index (χ3n) is 19.8. The number of nitrogens with zero attached hydrogens (tertiary/aromatic N) is 11. The van der Waals surface area contributed by atoms with Crippen molar-refractivity contribution in [3.05, 3.63) is 22.6 Å². The van der Waals surface area contributed by atoms with Crippen LogP contribution in [0.4, 0.5) is 13.2 Å². The second kappa shape index (κ2) is 36.6. The lowest BCUT2D eigenvalue weighted by atomic mass is 9.84. The van der Waals surface area contributed by atoms with Crippen LogP contribution in [-0.2, 0) is 67.2 Å². The summed E-state index contributed by atoms with van der Waals surface area (Å²) in [6.45, 7) is 30.6. The Bertz CT molecular complexity index is 2900. The predicted octanol–water partition coefficient (Wildman–Crippen LogP) is 7.21. The number of aromatic nitrogens is 2. The second-order valence-corrected chi connectivity index (χ2v) is 30.3. The molecule has 24 nitrogen and oxygen atoms in total. The van der Waals surface area contributed by atoms with Gasteiger partial charge in [-0.15, -0.1) is 5.01 Å². The summed E-state index contributed by atoms with van der Waals surface area (Å²) in [5.74, 6) is -11.3. The number of ketones is 3. The molecule has 552 valence electrons. The van der Waals surface area contributed by atoms with Gasteiger partial charge in [-0.05, 0) is 93.4 Å². The summed E-state index contributed by atoms with van der Waals surface area (Å²) in [5, 5.41) is 16.5. The number of hydrogen-bond donors (Lipinski definition) is 2. The molecular formula is C70H120F3N12O12+. The van der Waals surface area contributed by atoms with Gasteiger partial charge in [-0.1, -0.05) is 104 Å². The Morgan fingerprint density at radius 1 is 0.567 bits per heavy atom. The molecule has 2 aliphatic heterocycles. The molecule has 0 saturated carbocycles. The zero-order valence-electron chi connectivity index (χ0n) is 62.7. The van der Waals surface area contributed by atoms with E-state index in [1.165, 1.54) is 99.2 Å². The summed E-state index contributed by atoms with van der Waals surface area (Å²) in [6.07, 6.45) is -6.88. The number of Topliss-reactive ketones (excluding diaryl/α,β-unsaturated/α-hetero) is 3. The van der Waals surface area contributed by atoms with Crippen LogP contribution in [0.15, 0.2) is 6.20 Å². The van der Waals surface area contributed by atoms with Crippen LogP contribution in [0.1, 0.15) is 187 Å². The summed E-state index contributed by atoms with van der Waals surface area (Å²) in [6, 6.07) is -8.70. The van der Waals surface area contributed by atoms with Crippen molar-refractivity contribution in [2.75, 3.05) is 62.4 Å². The number of amides is 7. The Morgan fingerprint density at radius 3 is 1.54 bits per heavy atom. The first-order valence-corrected chi connectivity index (χ1v) is 34.9. The molecule has 7 amide bonds. The van der Waals surface area contributed by atoms with Crippen LogP contribution in [0, 0.1) is 64.1 Å². The number of hydrazine groups is 1. The number of aliphatic hydroxyl groups excluding tert-OH is 1. The smallest absolute Gasteiger partial charge is 0.390 e. The quantitative estimate of drug-likeness (QED) is 0.155. The summed E-state index contributed by atoms with van der Waals surface area (Å²) < 4.78 is 42.5. The van der Waals surface area contributed by atoms with E-state index >= 15 is 19.2 Å². The first kappa shape index (κ1) is 84.8. The van der Waals surface area contributed by atoms with Gasteiger partial charge in [0.2, 0.25) is 35.4 Å². The molecule has 27 heteroatoms. The summed E-state index contributed by atoms with van der Waals surface area (Å²) in [5.41, 5.74) is -1.01. The van der Waals surface area contributed by atoms with Crippen LogP contribution in [0.5, 0.6) is 0 Å². The molecule has 1 aromatic heterocycles. The van der Waals surface area contributed by atoms with Gasteiger partial charge in [0.1, 0.15) is 34.9 Å². The Hall–Kier alpha value is -6.38. The monoisotopic (exact) mass is 1380 g/mol. The predicted molar refractivity (Wildman–Crippen MR) is 363 cm³/mol. The standard InChI is InChI=1S/C70H119F3N12O12/c1-25-49-35-57(88)61(62(89)45(14)26-27-83-28-29-84-37-58(70(71,72)73)75-59(84)38-83)81(23)69(96)60(44(12)13)80(22)67(94)53(32-41(6)7)79(21)68(95)54(33-42(8)9)82(24)85(97)48(17)74-63(90)46(15)34-55(86)51(30-39(2)3)78(20)66(93)50(43(10)11)36-56(87)52(31-40(4)5)77(19)64(91)47(16)76(18)65(49)92/h37,39-54,60-62,89H,25-36,38H2,1-24H3/p+1/t45-,46+,47-,48-,49+,50-,51?,52+,53-,54-,60-,61+,62-/m1/s1. The molecule has 0 aliphatic carbocycles. The number of carbonyl (C=O) groups excluding carboxylic acids is 10. The molecule has 1 fully saturated rings. The van der Waals surface area contributed by atoms with Crippen molar-refractivity contribution in [1.82, 2.24) is 54.2 Å². The highest BCUT2D eigenvalue weighted by molar-refractivity contribution is 5.99. The molecule has 13 atom stereocenters. The van der Waals surface area contributed by atoms with E-state index in [9.17, 15) is 52.0 Å². The molecule has 2 N–H and O–H groups in total. The first-order chi connectivity index (χ1) is 44.7. The fraction of sp³-hybridized carbons (Fsp3) is 0.814. The van der Waals surface area contributed by atoms with Crippen molar-refractivity contribution in [3.63, 3.8) is 0 Å². The largest absolute Gasteiger partial charge is 0.434 e. The average Bonchev–Trinajstić information content (AvgIpc) is 1.74. The lowest BCUT2D eigenvalue weighted by Crippen LogP contribution is -2.62. The molecule has 1 unspecified atom stereocenters. The molecule has 0 bridgehead atoms. The number of alkyl halides is 3. The Balaban J connectivity index is 2.31. The Morgan fingerprint density at radius 2 is 1.04 bits per heavy atom. The maximum Gasteiger partial charge on any atom is 0.434 e. The fourth-order valence-electron chi connectivity index (χ4n) is 13.4. The molecule has 1 saturated heterocycles. The van der Waals surface area contributed by atoms with Crippen LogP contribution >= 0.6 is 0 Å². The van der Waals surface area contributed by atoms with Crippen LogP contribution in [0.3, 0.4) is 0 Å². The lowest BCUT2D eigenvalue weighted by molar-refractivity contribution is -0.734. The highest BCUT2D eigenvalue weighted by Crippen LogP contribution is 2.32. The normalized spacial score (nSPS) is 27.1. The molecule has 0 spiro atoms. The van der Waals surface area contributed by atoms with E-state index in [0.717, 1.165) is 16.1 Å². The molecule has 3 rings (SSSR count). The number of rotatable bonds is 16. The number of halogens is 3. The van der Waals surface area contributed by atoms with E-state index < -0.39 is 167 Å². The van der Waals surface area contributed by atoms with Crippen molar-refractivity contribution < 1.29 is 71.1 Å². The van der Waals surface area contributed by atoms with Gasteiger partial charge in [0.05, 0.1) is 36.7 Å². The van der Waals surface area contributed by atoms with Gasteiger partial charge in [-0.2, -0.15) is 13.2 Å². The van der Waals surface area contributed by atoms with Gasteiger partial charge in [0, 0.05) is 106 Å². The number of fused-ring (bicyclic) bond motifs is 1. The molecule has 2 aliphatic rings. The van der Waals surface area contributed by atoms with E-state index in [1.54, 1.807) is 41.5 Å². The number of imidazole rings is 1. The minimum atomic E-state index is -4.65. The van der Waals surface area contributed by atoms with Gasteiger partial charge in [0.15, 0.2) is 29.1 Å². The lowest BCUT2D eigenvalue weighted by Gasteiger charge is -2.41. The van der Waals surface area contributed by atoms with Gasteiger partial charge in [-0.25, -0.2) is 4.98 Å². The third kappa shape index (κ3) is 22.3. The van der Waals surface area contributed by atoms with Gasteiger partial charge in [-0.3, -0.25) is 58.2 Å². The number of hydrogen-bond acceptors (Lipinski definition) is 14. The van der Waals surface area contributed by atoms with E-state index in [0.29, 0.717) is 11.4 Å². The second-order valence-electron chi connectivity index (χ2n) is 30.3. The molecule has 97 heavy (non-hydrogen) atoms. The summed E-state index contributed by atoms with van der Waals surface area (Å²) >= 11 is 0. The van der Waals surface area contributed by atoms with Crippen LogP contribution in [0.25, 0.3) is 0 Å². The van der Waals surface area contributed by atoms with Crippen molar-refractivity contribution in [2.45, 2.75) is 249 Å². The number of nitroso groups, excluding NO2 is 1. The Kier molecular flexibility index (Phi) is 32.0. The maximum atomic E-state index is 15.5. The van der Waals surface area contributed by atoms with Gasteiger partial charge >= 0.3 is 12.3 Å². The van der Waals surface area contributed by atoms with E-state index in [2.05, 4.69) is 10.3 Å². The molecular weight excluding hydrogens is 1260 g/mol. The molecule has 3 heterocycles. The van der Waals surface area contributed by atoms with Gasteiger partial charge < -0.3 is 39.1 Å². The van der Waals surface area contributed by atoms with Crippen molar-refractivity contribution in [3.8, 4) is 0 Å². The minimum absolute atomic E-state index is 0.0582. The molecule has 0 radical (unpaired) electrons. The van der Waals surface area contributed by atoms with Crippen LogP contribution in [0.2, 0.25) is 0 Å². The van der Waals surface area contributed by atoms with E-state index in [1.807, 2.05) is 60.3 Å². The fourth-order valence-corrected chi connectivity index (χ4v) is 13.4.